The molecule has 1 aliphatic rings. The maximum absolute atomic E-state index is 3.52. The summed E-state index contributed by atoms with van der Waals surface area (Å²) >= 11 is 5.35. The van der Waals surface area contributed by atoms with E-state index in [0.717, 1.165) is 6.54 Å². The van der Waals surface area contributed by atoms with Crippen LogP contribution in [0.5, 0.6) is 0 Å². The molecule has 0 amide bonds. The van der Waals surface area contributed by atoms with Gasteiger partial charge in [-0.2, -0.15) is 0 Å². The summed E-state index contributed by atoms with van der Waals surface area (Å²) in [5.41, 5.74) is 0.503. The van der Waals surface area contributed by atoms with Gasteiger partial charge in [0.05, 0.1) is 0 Å². The third kappa shape index (κ3) is 3.53. The summed E-state index contributed by atoms with van der Waals surface area (Å²) in [6, 6.07) is 2.23. The van der Waals surface area contributed by atoms with Crippen molar-refractivity contribution in [3.63, 3.8) is 0 Å². The lowest BCUT2D eigenvalue weighted by atomic mass is 9.84. The standard InChI is InChI=1S/C13H21BrN2S/c1-3-13(4-5-15-9-13)10-16(2)7-12-6-11(14)8-17-12/h6,8,15H,3-5,7,9-10H2,1-2H3. The van der Waals surface area contributed by atoms with Crippen LogP contribution in [0, 0.1) is 5.41 Å². The zero-order valence-corrected chi connectivity index (χ0v) is 13.0. The summed E-state index contributed by atoms with van der Waals surface area (Å²) in [6.45, 7) is 6.96. The zero-order chi connectivity index (χ0) is 12.3. The van der Waals surface area contributed by atoms with Crippen molar-refractivity contribution in [2.45, 2.75) is 26.3 Å². The van der Waals surface area contributed by atoms with Gasteiger partial charge in [0, 0.05) is 34.4 Å². The van der Waals surface area contributed by atoms with Crippen LogP contribution in [0.25, 0.3) is 0 Å². The number of nitrogens with one attached hydrogen (secondary N) is 1. The van der Waals surface area contributed by atoms with Gasteiger partial charge in [-0.1, -0.05) is 6.92 Å². The zero-order valence-electron chi connectivity index (χ0n) is 10.6. The van der Waals surface area contributed by atoms with Gasteiger partial charge in [0.2, 0.25) is 0 Å². The number of hydrogen-bond acceptors (Lipinski definition) is 3. The molecule has 0 bridgehead atoms. The Bertz CT molecular complexity index is 358. The van der Waals surface area contributed by atoms with Gasteiger partial charge in [0.1, 0.15) is 0 Å². The van der Waals surface area contributed by atoms with Gasteiger partial charge in [-0.05, 0) is 53.8 Å². The number of rotatable bonds is 5. The third-order valence-electron chi connectivity index (χ3n) is 3.73. The fourth-order valence-electron chi connectivity index (χ4n) is 2.68. The van der Waals surface area contributed by atoms with Crippen molar-refractivity contribution in [1.29, 1.82) is 0 Å². The molecule has 2 heterocycles. The van der Waals surface area contributed by atoms with Crippen LogP contribution in [0.3, 0.4) is 0 Å². The molecule has 1 unspecified atom stereocenters. The van der Waals surface area contributed by atoms with Crippen molar-refractivity contribution in [2.75, 3.05) is 26.7 Å². The van der Waals surface area contributed by atoms with Gasteiger partial charge in [-0.25, -0.2) is 0 Å². The van der Waals surface area contributed by atoms with Crippen LogP contribution >= 0.6 is 27.3 Å². The Balaban J connectivity index is 1.90. The van der Waals surface area contributed by atoms with Gasteiger partial charge in [-0.3, -0.25) is 0 Å². The molecule has 2 nitrogen and oxygen atoms in total. The summed E-state index contributed by atoms with van der Waals surface area (Å²) in [5, 5.41) is 5.67. The molecule has 0 saturated carbocycles. The molecule has 1 aromatic rings. The molecular weight excluding hydrogens is 296 g/mol. The molecule has 1 atom stereocenters. The molecule has 0 aliphatic carbocycles. The highest BCUT2D eigenvalue weighted by atomic mass is 79.9. The lowest BCUT2D eigenvalue weighted by molar-refractivity contribution is 0.180. The van der Waals surface area contributed by atoms with E-state index in [1.54, 1.807) is 0 Å². The van der Waals surface area contributed by atoms with Crippen molar-refractivity contribution in [2.24, 2.45) is 5.41 Å². The number of nitrogens with zero attached hydrogens (tertiary/aromatic N) is 1. The van der Waals surface area contributed by atoms with Crippen LogP contribution < -0.4 is 5.32 Å². The number of thiophene rings is 1. The normalized spacial score (nSPS) is 24.7. The minimum atomic E-state index is 0.503. The first-order valence-corrected chi connectivity index (χ1v) is 7.93. The van der Waals surface area contributed by atoms with E-state index in [0.29, 0.717) is 5.41 Å². The molecule has 96 valence electrons. The molecule has 2 rings (SSSR count). The number of halogens is 1. The predicted octanol–water partition coefficient (Wildman–Crippen LogP) is 3.33. The highest BCUT2D eigenvalue weighted by Gasteiger charge is 2.32. The van der Waals surface area contributed by atoms with Gasteiger partial charge in [0.25, 0.3) is 0 Å². The third-order valence-corrected chi connectivity index (χ3v) is 5.42. The van der Waals surface area contributed by atoms with E-state index in [2.05, 4.69) is 51.6 Å². The Morgan fingerprint density at radius 2 is 2.41 bits per heavy atom. The summed E-state index contributed by atoms with van der Waals surface area (Å²) in [7, 11) is 2.24. The summed E-state index contributed by atoms with van der Waals surface area (Å²) in [6.07, 6.45) is 2.60. The second kappa shape index (κ2) is 5.83. The summed E-state index contributed by atoms with van der Waals surface area (Å²) in [5.74, 6) is 0. The molecule has 1 aliphatic heterocycles. The fourth-order valence-corrected chi connectivity index (χ4v) is 4.21. The molecule has 1 N–H and O–H groups in total. The lowest BCUT2D eigenvalue weighted by Crippen LogP contribution is -2.36. The van der Waals surface area contributed by atoms with E-state index in [9.17, 15) is 0 Å². The summed E-state index contributed by atoms with van der Waals surface area (Å²) < 4.78 is 1.21. The molecule has 0 radical (unpaired) electrons. The van der Waals surface area contributed by atoms with Crippen LogP contribution in [0.4, 0.5) is 0 Å². The average molecular weight is 317 g/mol. The molecular formula is C13H21BrN2S. The minimum Gasteiger partial charge on any atom is -0.316 e. The number of hydrogen-bond donors (Lipinski definition) is 1. The molecule has 17 heavy (non-hydrogen) atoms. The minimum absolute atomic E-state index is 0.503. The van der Waals surface area contributed by atoms with Gasteiger partial charge in [-0.15, -0.1) is 11.3 Å². The predicted molar refractivity (Wildman–Crippen MR) is 78.6 cm³/mol. The highest BCUT2D eigenvalue weighted by Crippen LogP contribution is 2.31. The van der Waals surface area contributed by atoms with E-state index < -0.39 is 0 Å². The van der Waals surface area contributed by atoms with Crippen molar-refractivity contribution in [1.82, 2.24) is 10.2 Å². The van der Waals surface area contributed by atoms with Crippen LogP contribution in [0.2, 0.25) is 0 Å². The van der Waals surface area contributed by atoms with Gasteiger partial charge in [0.15, 0.2) is 0 Å². The van der Waals surface area contributed by atoms with Crippen LogP contribution in [-0.2, 0) is 6.54 Å². The van der Waals surface area contributed by atoms with Gasteiger partial charge >= 0.3 is 0 Å². The van der Waals surface area contributed by atoms with Gasteiger partial charge < -0.3 is 10.2 Å². The molecule has 1 fully saturated rings. The van der Waals surface area contributed by atoms with Crippen molar-refractivity contribution >= 4 is 27.3 Å². The first kappa shape index (κ1) is 13.5. The Morgan fingerprint density at radius 1 is 1.59 bits per heavy atom. The first-order valence-electron chi connectivity index (χ1n) is 6.26. The van der Waals surface area contributed by atoms with E-state index in [1.165, 1.54) is 41.8 Å². The topological polar surface area (TPSA) is 15.3 Å². The average Bonchev–Trinajstić information content (AvgIpc) is 2.89. The van der Waals surface area contributed by atoms with E-state index in [4.69, 9.17) is 0 Å². The van der Waals surface area contributed by atoms with Crippen LogP contribution in [0.15, 0.2) is 15.9 Å². The second-order valence-electron chi connectivity index (χ2n) is 5.18. The van der Waals surface area contributed by atoms with Crippen LogP contribution in [-0.4, -0.2) is 31.6 Å². The van der Waals surface area contributed by atoms with E-state index in [-0.39, 0.29) is 0 Å². The monoisotopic (exact) mass is 316 g/mol. The smallest absolute Gasteiger partial charge is 0.0325 e. The Kier molecular flexibility index (Phi) is 4.64. The van der Waals surface area contributed by atoms with E-state index >= 15 is 0 Å². The Hall–Kier alpha value is 0.1000. The molecule has 1 saturated heterocycles. The molecule has 0 spiro atoms. The second-order valence-corrected chi connectivity index (χ2v) is 7.10. The maximum Gasteiger partial charge on any atom is 0.0325 e. The Labute approximate surface area is 117 Å². The quantitative estimate of drug-likeness (QED) is 0.896. The molecule has 1 aromatic heterocycles. The maximum atomic E-state index is 3.52. The molecule has 4 heteroatoms. The largest absolute Gasteiger partial charge is 0.316 e. The van der Waals surface area contributed by atoms with Crippen molar-refractivity contribution in [3.05, 3.63) is 20.8 Å². The Morgan fingerprint density at radius 3 is 2.94 bits per heavy atom. The summed E-state index contributed by atoms with van der Waals surface area (Å²) in [4.78, 5) is 3.91. The lowest BCUT2D eigenvalue weighted by Gasteiger charge is -2.31. The SMILES string of the molecule is CCC1(CN(C)Cc2cc(Br)cs2)CCNC1. The highest BCUT2D eigenvalue weighted by molar-refractivity contribution is 9.10. The van der Waals surface area contributed by atoms with Crippen molar-refractivity contribution in [3.8, 4) is 0 Å². The van der Waals surface area contributed by atoms with E-state index in [1.807, 2.05) is 11.3 Å². The first-order chi connectivity index (χ1) is 8.13. The fraction of sp³-hybridized carbons (Fsp3) is 0.692. The van der Waals surface area contributed by atoms with Crippen LogP contribution in [0.1, 0.15) is 24.6 Å². The van der Waals surface area contributed by atoms with Crippen molar-refractivity contribution < 1.29 is 0 Å². The molecule has 0 aromatic carbocycles.